The number of carbonyl (C=O) groups excluding carboxylic acids is 2. The van der Waals surface area contributed by atoms with Gasteiger partial charge in [-0.2, -0.15) is 5.10 Å². The summed E-state index contributed by atoms with van der Waals surface area (Å²) in [6.45, 7) is 20.5. The van der Waals surface area contributed by atoms with Crippen LogP contribution in [0.15, 0.2) is 36.4 Å². The predicted octanol–water partition coefficient (Wildman–Crippen LogP) is 7.14. The maximum absolute atomic E-state index is 12.1. The number of likely N-dealkylation sites (tertiary alicyclic amines) is 2. The Hall–Kier alpha value is -4.61. The van der Waals surface area contributed by atoms with E-state index in [9.17, 15) is 24.6 Å². The van der Waals surface area contributed by atoms with Crippen molar-refractivity contribution in [1.29, 1.82) is 0 Å². The highest BCUT2D eigenvalue weighted by Crippen LogP contribution is 2.30. The van der Waals surface area contributed by atoms with Gasteiger partial charge in [0.2, 0.25) is 11.8 Å². The van der Waals surface area contributed by atoms with Crippen LogP contribution in [0.2, 0.25) is 0 Å². The van der Waals surface area contributed by atoms with Crippen molar-refractivity contribution in [3.8, 4) is 11.4 Å². The summed E-state index contributed by atoms with van der Waals surface area (Å²) < 4.78 is 23.3. The van der Waals surface area contributed by atoms with Gasteiger partial charge >= 0.3 is 5.97 Å². The van der Waals surface area contributed by atoms with Gasteiger partial charge in [0.25, 0.3) is 0 Å². The largest absolute Gasteiger partial charge is 0.491 e. The lowest BCUT2D eigenvalue weighted by Crippen LogP contribution is -2.30. The molecule has 16 nitrogen and oxygen atoms in total. The number of rotatable bonds is 22. The number of aryl methyl sites for hydroxylation is 4. The lowest BCUT2D eigenvalue weighted by molar-refractivity contribution is -0.137. The molecule has 3 aliphatic heterocycles. The molecule has 2 fully saturated rings. The first-order valence-corrected chi connectivity index (χ1v) is 24.8. The molecule has 16 heteroatoms. The molecule has 2 atom stereocenters. The molecule has 4 N–H and O–H groups in total. The van der Waals surface area contributed by atoms with Crippen molar-refractivity contribution in [3.05, 3.63) is 64.6 Å². The van der Waals surface area contributed by atoms with Gasteiger partial charge in [-0.3, -0.25) is 14.4 Å². The second kappa shape index (κ2) is 34.6. The first-order chi connectivity index (χ1) is 32.5. The van der Waals surface area contributed by atoms with Gasteiger partial charge in [-0.25, -0.2) is 9.67 Å². The molecule has 2 unspecified atom stereocenters. The predicted molar refractivity (Wildman–Crippen MR) is 266 cm³/mol. The Balaban J connectivity index is 0.000000676. The summed E-state index contributed by atoms with van der Waals surface area (Å²) in [4.78, 5) is 44.5. The number of aliphatic carboxylic acids is 1. The highest BCUT2D eigenvalue weighted by Gasteiger charge is 2.25. The Bertz CT molecular complexity index is 1840. The number of carbonyl (C=O) groups is 3. The molecule has 0 spiro atoms. The third-order valence-corrected chi connectivity index (χ3v) is 11.1. The molecule has 0 bridgehead atoms. The summed E-state index contributed by atoms with van der Waals surface area (Å²) in [6, 6.07) is 12.2. The second-order valence-corrected chi connectivity index (χ2v) is 16.5. The quantitative estimate of drug-likeness (QED) is 0.0745. The van der Waals surface area contributed by atoms with Crippen molar-refractivity contribution in [2.45, 2.75) is 131 Å². The number of hydrogen-bond donors (Lipinski definition) is 4. The normalized spacial score (nSPS) is 15.4. The summed E-state index contributed by atoms with van der Waals surface area (Å²) >= 11 is 0. The number of pyridine rings is 1. The maximum atomic E-state index is 12.1. The minimum absolute atomic E-state index is 0.0335. The number of carboxylic acids is 1. The van der Waals surface area contributed by atoms with Gasteiger partial charge in [0, 0.05) is 76.7 Å². The molecule has 0 radical (unpaired) electrons. The van der Waals surface area contributed by atoms with Crippen LogP contribution < -0.4 is 15.4 Å². The standard InChI is InChI=1S/C35H53N5O8.C10H14N2.C2H6O.2C2H6/c1-26-18-27(2)40(37-26)30-19-28(29(21-35(44)45)23-38-11-6-7-12-38)20-32(22-30)48-17-16-46-14-15-47-25-33(42)36-10-5-3-4-8-34(43)39-13-9-31(41)24-39;1-2-9-6-5-8-4-3-7-11-10(8)12-9;1-3-2;2*1-2/h18-20,22,29,31,41H,3-17,21,23-25H2,1-2H3,(H,36,42)(H,44,45);5-6H,2-4,7H2,1H3,(H,11,12);1-2H3;2*1-2H3. The number of fused-ring (bicyclic) bond motifs is 1. The molecule has 2 saturated heterocycles. The zero-order valence-electron chi connectivity index (χ0n) is 42.4. The first-order valence-electron chi connectivity index (χ1n) is 24.8. The number of amides is 2. The highest BCUT2D eigenvalue weighted by molar-refractivity contribution is 5.77. The third-order valence-electron chi connectivity index (χ3n) is 11.1. The fourth-order valence-electron chi connectivity index (χ4n) is 7.87. The van der Waals surface area contributed by atoms with Gasteiger partial charge in [-0.1, -0.05) is 47.1 Å². The molecule has 67 heavy (non-hydrogen) atoms. The Labute approximate surface area is 401 Å². The maximum Gasteiger partial charge on any atom is 0.304 e. The number of nitrogens with one attached hydrogen (secondary N) is 2. The first kappa shape index (κ1) is 58.5. The van der Waals surface area contributed by atoms with E-state index in [-0.39, 0.29) is 37.4 Å². The number of nitrogens with zero attached hydrogens (tertiary/aromatic N) is 5. The average Bonchev–Trinajstić information content (AvgIpc) is 4.10. The highest BCUT2D eigenvalue weighted by atomic mass is 16.5. The summed E-state index contributed by atoms with van der Waals surface area (Å²) in [7, 11) is 3.25. The van der Waals surface area contributed by atoms with E-state index in [0.29, 0.717) is 64.6 Å². The van der Waals surface area contributed by atoms with Crippen LogP contribution >= 0.6 is 0 Å². The number of benzene rings is 1. The number of aliphatic hydroxyl groups excluding tert-OH is 1. The molecule has 0 saturated carbocycles. The zero-order chi connectivity index (χ0) is 49.4. The van der Waals surface area contributed by atoms with Crippen LogP contribution in [0.5, 0.6) is 5.75 Å². The Kier molecular flexibility index (Phi) is 30.3. The molecule has 1 aromatic carbocycles. The van der Waals surface area contributed by atoms with Gasteiger partial charge in [-0.05, 0) is 114 Å². The van der Waals surface area contributed by atoms with Crippen molar-refractivity contribution in [2.75, 3.05) is 98.4 Å². The van der Waals surface area contributed by atoms with Crippen LogP contribution in [-0.2, 0) is 41.4 Å². The molecule has 0 aliphatic carbocycles. The lowest BCUT2D eigenvalue weighted by Gasteiger charge is -2.24. The summed E-state index contributed by atoms with van der Waals surface area (Å²) in [5, 5.41) is 30.0. The van der Waals surface area contributed by atoms with Gasteiger partial charge < -0.3 is 49.6 Å². The third kappa shape index (κ3) is 22.8. The molecule has 2 aromatic heterocycles. The Morgan fingerprint density at radius 1 is 0.910 bits per heavy atom. The molecule has 6 rings (SSSR count). The molecule has 2 amide bonds. The number of anilines is 1. The van der Waals surface area contributed by atoms with Crippen LogP contribution in [0.3, 0.4) is 0 Å². The SMILES string of the molecule is CC.CC.CCc1ccc2c(n1)NCCC2.COC.Cc1cc(C)n(-c2cc(OCCOCCOCC(=O)NCCCCCC(=O)N3CCC(O)C3)cc(C(CC(=O)O)CN3CCCC3)c2)n1. The van der Waals surface area contributed by atoms with E-state index in [4.69, 9.17) is 14.2 Å². The monoisotopic (exact) mass is 940 g/mol. The zero-order valence-corrected chi connectivity index (χ0v) is 42.4. The molecular weight excluding hydrogens is 855 g/mol. The molecule has 3 aromatic rings. The summed E-state index contributed by atoms with van der Waals surface area (Å²) in [5.41, 5.74) is 6.17. The van der Waals surface area contributed by atoms with Crippen LogP contribution in [0.1, 0.15) is 127 Å². The average molecular weight is 940 g/mol. The molecule has 378 valence electrons. The van der Waals surface area contributed by atoms with Crippen LogP contribution in [0, 0.1) is 13.8 Å². The number of unbranched alkanes of at least 4 members (excludes halogenated alkanes) is 2. The fourth-order valence-corrected chi connectivity index (χ4v) is 7.87. The summed E-state index contributed by atoms with van der Waals surface area (Å²) in [6.07, 6.45) is 8.87. The Morgan fingerprint density at radius 2 is 1.63 bits per heavy atom. The van der Waals surface area contributed by atoms with Crippen LogP contribution in [0.25, 0.3) is 5.69 Å². The number of aliphatic hydroxyl groups is 1. The van der Waals surface area contributed by atoms with Gasteiger partial charge in [-0.15, -0.1) is 0 Å². The van der Waals surface area contributed by atoms with E-state index >= 15 is 0 Å². The van der Waals surface area contributed by atoms with E-state index < -0.39 is 12.1 Å². The van der Waals surface area contributed by atoms with Crippen LogP contribution in [0.4, 0.5) is 5.82 Å². The van der Waals surface area contributed by atoms with Crippen molar-refractivity contribution in [3.63, 3.8) is 0 Å². The van der Waals surface area contributed by atoms with E-state index in [2.05, 4.69) is 49.4 Å². The topological polar surface area (TPSA) is 190 Å². The summed E-state index contributed by atoms with van der Waals surface area (Å²) in [5.74, 6) is 0.627. The van der Waals surface area contributed by atoms with E-state index in [1.54, 1.807) is 19.1 Å². The van der Waals surface area contributed by atoms with E-state index in [0.717, 1.165) is 86.6 Å². The minimum atomic E-state index is -0.827. The number of β-amino-alcohol motifs (C(OH)–C–C–N with tert-alkyl or cyclic N) is 1. The van der Waals surface area contributed by atoms with Crippen LogP contribution in [-0.4, -0.2) is 152 Å². The van der Waals surface area contributed by atoms with Crippen molar-refractivity contribution >= 4 is 23.6 Å². The fraction of sp³-hybridized carbons (Fsp3) is 0.667. The molecular formula is C51H85N7O9. The minimum Gasteiger partial charge on any atom is -0.491 e. The van der Waals surface area contributed by atoms with Crippen molar-refractivity contribution in [1.82, 2.24) is 29.9 Å². The molecule has 3 aliphatic rings. The smallest absolute Gasteiger partial charge is 0.304 e. The number of carboxylic acid groups (broad SMARTS) is 1. The number of aromatic nitrogens is 3. The number of methoxy groups -OCH3 is 1. The van der Waals surface area contributed by atoms with E-state index in [1.165, 1.54) is 24.1 Å². The number of hydrogen-bond acceptors (Lipinski definition) is 12. The van der Waals surface area contributed by atoms with E-state index in [1.807, 2.05) is 70.5 Å². The van der Waals surface area contributed by atoms with Gasteiger partial charge in [0.05, 0.1) is 43.7 Å². The van der Waals surface area contributed by atoms with Gasteiger partial charge in [0.1, 0.15) is 24.8 Å². The lowest BCUT2D eigenvalue weighted by atomic mass is 9.94. The van der Waals surface area contributed by atoms with Crippen molar-refractivity contribution in [2.24, 2.45) is 0 Å². The second-order valence-electron chi connectivity index (χ2n) is 16.5. The molecule has 5 heterocycles. The van der Waals surface area contributed by atoms with Gasteiger partial charge in [0.15, 0.2) is 0 Å². The Morgan fingerprint density at radius 3 is 2.28 bits per heavy atom. The number of ether oxygens (including phenoxy) is 4. The van der Waals surface area contributed by atoms with Crippen molar-refractivity contribution < 1.29 is 43.5 Å².